The van der Waals surface area contributed by atoms with Gasteiger partial charge in [0.25, 0.3) is 0 Å². The van der Waals surface area contributed by atoms with E-state index in [2.05, 4.69) is 10.0 Å². The van der Waals surface area contributed by atoms with Crippen molar-refractivity contribution in [2.24, 2.45) is 0 Å². The lowest BCUT2D eigenvalue weighted by Crippen LogP contribution is -2.23. The Morgan fingerprint density at radius 2 is 2.11 bits per heavy atom. The van der Waals surface area contributed by atoms with Gasteiger partial charge in [0, 0.05) is 6.04 Å². The van der Waals surface area contributed by atoms with Crippen molar-refractivity contribution in [1.29, 1.82) is 0 Å². The van der Waals surface area contributed by atoms with Gasteiger partial charge in [-0.1, -0.05) is 17.7 Å². The highest BCUT2D eigenvalue weighted by atomic mass is 35.5. The van der Waals surface area contributed by atoms with Crippen LogP contribution in [0.25, 0.3) is 0 Å². The van der Waals surface area contributed by atoms with Crippen molar-refractivity contribution in [3.05, 3.63) is 29.0 Å². The van der Waals surface area contributed by atoms with E-state index < -0.39 is 15.8 Å². The smallest absolute Gasteiger partial charge is 0.232 e. The van der Waals surface area contributed by atoms with E-state index in [0.717, 1.165) is 0 Å². The molecule has 0 bridgehead atoms. The van der Waals surface area contributed by atoms with Crippen LogP contribution in [0.2, 0.25) is 5.02 Å². The van der Waals surface area contributed by atoms with Gasteiger partial charge in [0.2, 0.25) is 10.0 Å². The van der Waals surface area contributed by atoms with Gasteiger partial charge >= 0.3 is 0 Å². The minimum atomic E-state index is -3.54. The first-order valence-corrected chi connectivity index (χ1v) is 8.19. The van der Waals surface area contributed by atoms with Crippen LogP contribution in [0.3, 0.4) is 0 Å². The van der Waals surface area contributed by atoms with Crippen molar-refractivity contribution < 1.29 is 12.8 Å². The van der Waals surface area contributed by atoms with Crippen LogP contribution < -0.4 is 10.0 Å². The van der Waals surface area contributed by atoms with E-state index in [1.54, 1.807) is 0 Å². The summed E-state index contributed by atoms with van der Waals surface area (Å²) in [5, 5.41) is 3.12. The Kier molecular flexibility index (Phi) is 4.65. The van der Waals surface area contributed by atoms with Crippen LogP contribution in [0.4, 0.5) is 10.1 Å². The highest BCUT2D eigenvalue weighted by Gasteiger charge is 2.20. The lowest BCUT2D eigenvalue weighted by atomic mass is 10.3. The van der Waals surface area contributed by atoms with E-state index in [1.807, 2.05) is 0 Å². The molecule has 2 N–H and O–H groups in total. The number of sulfonamides is 1. The molecule has 0 amide bonds. The number of anilines is 1. The Morgan fingerprint density at radius 3 is 2.79 bits per heavy atom. The van der Waals surface area contributed by atoms with Crippen LogP contribution in [0.5, 0.6) is 0 Å². The largest absolute Gasteiger partial charge is 0.314 e. The maximum absolute atomic E-state index is 13.6. The topological polar surface area (TPSA) is 58.2 Å². The molecule has 0 heterocycles. The van der Waals surface area contributed by atoms with Gasteiger partial charge in [-0.15, -0.1) is 0 Å². The van der Waals surface area contributed by atoms with E-state index >= 15 is 0 Å². The van der Waals surface area contributed by atoms with Gasteiger partial charge in [-0.2, -0.15) is 0 Å². The number of rotatable bonds is 7. The second kappa shape index (κ2) is 6.07. The fourth-order valence-electron chi connectivity index (χ4n) is 1.66. The van der Waals surface area contributed by atoms with Crippen LogP contribution >= 0.6 is 11.6 Å². The maximum Gasteiger partial charge on any atom is 0.232 e. The molecule has 0 atom stereocenters. The third-order valence-corrected chi connectivity index (χ3v) is 4.47. The number of hydrogen-bond acceptors (Lipinski definition) is 3. The van der Waals surface area contributed by atoms with Crippen molar-refractivity contribution in [2.75, 3.05) is 17.0 Å². The van der Waals surface area contributed by atoms with Crippen molar-refractivity contribution >= 4 is 27.3 Å². The van der Waals surface area contributed by atoms with Gasteiger partial charge in [0.15, 0.2) is 5.82 Å². The first kappa shape index (κ1) is 14.6. The first-order chi connectivity index (χ1) is 8.98. The lowest BCUT2D eigenvalue weighted by molar-refractivity contribution is 0.591. The Hall–Kier alpha value is -0.850. The molecule has 1 aromatic carbocycles. The second-order valence-electron chi connectivity index (χ2n) is 4.60. The minimum Gasteiger partial charge on any atom is -0.314 e. The molecule has 2 rings (SSSR count). The van der Waals surface area contributed by atoms with Crippen molar-refractivity contribution in [2.45, 2.75) is 25.3 Å². The normalized spacial score (nSPS) is 15.5. The van der Waals surface area contributed by atoms with Crippen LogP contribution in [0.15, 0.2) is 18.2 Å². The summed E-state index contributed by atoms with van der Waals surface area (Å²) < 4.78 is 39.3. The molecule has 1 saturated carbocycles. The molecule has 1 aromatic rings. The average Bonchev–Trinajstić information content (AvgIpc) is 3.15. The fraction of sp³-hybridized carbons (Fsp3) is 0.500. The molecular weight excluding hydrogens is 291 g/mol. The summed E-state index contributed by atoms with van der Waals surface area (Å²) >= 11 is 5.59. The van der Waals surface area contributed by atoms with Gasteiger partial charge in [0.05, 0.1) is 16.5 Å². The molecule has 106 valence electrons. The van der Waals surface area contributed by atoms with Crippen LogP contribution in [-0.4, -0.2) is 26.8 Å². The Morgan fingerprint density at radius 1 is 1.37 bits per heavy atom. The molecule has 0 aromatic heterocycles. The average molecular weight is 307 g/mol. The summed E-state index contributed by atoms with van der Waals surface area (Å²) in [6.45, 7) is 0.656. The highest BCUT2D eigenvalue weighted by Crippen LogP contribution is 2.23. The van der Waals surface area contributed by atoms with Gasteiger partial charge in [-0.25, -0.2) is 12.8 Å². The third kappa shape index (κ3) is 4.63. The monoisotopic (exact) mass is 306 g/mol. The van der Waals surface area contributed by atoms with Gasteiger partial charge in [-0.3, -0.25) is 4.72 Å². The maximum atomic E-state index is 13.6. The molecule has 0 unspecified atom stereocenters. The summed E-state index contributed by atoms with van der Waals surface area (Å²) in [7, 11) is -3.54. The predicted octanol–water partition coefficient (Wildman–Crippen LogP) is 2.36. The molecule has 0 aliphatic heterocycles. The molecule has 0 spiro atoms. The second-order valence-corrected chi connectivity index (χ2v) is 6.85. The van der Waals surface area contributed by atoms with E-state index in [0.29, 0.717) is 19.0 Å². The SMILES string of the molecule is O=S(=O)(CCCNC1CC1)Nc1cccc(Cl)c1F. The molecule has 4 nitrogen and oxygen atoms in total. The van der Waals surface area contributed by atoms with Crippen molar-refractivity contribution in [3.8, 4) is 0 Å². The quantitative estimate of drug-likeness (QED) is 0.760. The molecule has 0 radical (unpaired) electrons. The molecular formula is C12H16ClFN2O2S. The molecule has 1 aliphatic carbocycles. The van der Waals surface area contributed by atoms with Crippen molar-refractivity contribution in [1.82, 2.24) is 5.32 Å². The van der Waals surface area contributed by atoms with Crippen LogP contribution in [-0.2, 0) is 10.0 Å². The minimum absolute atomic E-state index is 0.0430. The Bertz CT molecular complexity index is 547. The van der Waals surface area contributed by atoms with Crippen LogP contribution in [0.1, 0.15) is 19.3 Å². The first-order valence-electron chi connectivity index (χ1n) is 6.16. The van der Waals surface area contributed by atoms with Gasteiger partial charge < -0.3 is 5.32 Å². The standard InChI is InChI=1S/C12H16ClFN2O2S/c13-10-3-1-4-11(12(10)14)16-19(17,18)8-2-7-15-9-5-6-9/h1,3-4,9,15-16H,2,5-8H2. The van der Waals surface area contributed by atoms with Crippen LogP contribution in [0, 0.1) is 5.82 Å². The van der Waals surface area contributed by atoms with Crippen molar-refractivity contribution in [3.63, 3.8) is 0 Å². The zero-order valence-corrected chi connectivity index (χ0v) is 11.9. The number of halogens is 2. The predicted molar refractivity (Wildman–Crippen MR) is 74.5 cm³/mol. The zero-order chi connectivity index (χ0) is 13.9. The molecule has 1 fully saturated rings. The Balaban J connectivity index is 1.86. The van der Waals surface area contributed by atoms with Gasteiger partial charge in [-0.05, 0) is 37.9 Å². The van der Waals surface area contributed by atoms with E-state index in [4.69, 9.17) is 11.6 Å². The zero-order valence-electron chi connectivity index (χ0n) is 10.3. The number of nitrogens with one attached hydrogen (secondary N) is 2. The molecule has 0 saturated heterocycles. The van der Waals surface area contributed by atoms with E-state index in [9.17, 15) is 12.8 Å². The van der Waals surface area contributed by atoms with E-state index in [1.165, 1.54) is 31.0 Å². The fourth-order valence-corrected chi connectivity index (χ4v) is 2.95. The third-order valence-electron chi connectivity index (χ3n) is 2.82. The highest BCUT2D eigenvalue weighted by molar-refractivity contribution is 7.92. The summed E-state index contributed by atoms with van der Waals surface area (Å²) in [6, 6.07) is 4.77. The summed E-state index contributed by atoms with van der Waals surface area (Å²) in [6.07, 6.45) is 2.82. The number of hydrogen-bond donors (Lipinski definition) is 2. The van der Waals surface area contributed by atoms with Gasteiger partial charge in [0.1, 0.15) is 0 Å². The molecule has 1 aliphatic rings. The summed E-state index contributed by atoms with van der Waals surface area (Å²) in [5.74, 6) is -0.789. The lowest BCUT2D eigenvalue weighted by Gasteiger charge is -2.09. The summed E-state index contributed by atoms with van der Waals surface area (Å²) in [4.78, 5) is 0. The van der Waals surface area contributed by atoms with E-state index in [-0.39, 0.29) is 16.5 Å². The molecule has 19 heavy (non-hydrogen) atoms. The summed E-state index contributed by atoms with van der Waals surface area (Å²) in [5.41, 5.74) is -0.109. The number of benzene rings is 1. The molecule has 7 heteroatoms. The Labute approximate surface area is 117 Å².